The van der Waals surface area contributed by atoms with Gasteiger partial charge in [0.2, 0.25) is 5.91 Å². The lowest BCUT2D eigenvalue weighted by Gasteiger charge is -2.29. The molecule has 2 unspecified atom stereocenters. The number of urea groups is 1. The summed E-state index contributed by atoms with van der Waals surface area (Å²) in [6.45, 7) is 2.14. The monoisotopic (exact) mass is 387 g/mol. The van der Waals surface area contributed by atoms with Gasteiger partial charge in [-0.25, -0.2) is 14.8 Å². The Balaban J connectivity index is 1.54. The second-order valence-electron chi connectivity index (χ2n) is 6.80. The van der Waals surface area contributed by atoms with E-state index in [1.54, 1.807) is 7.05 Å². The van der Waals surface area contributed by atoms with Crippen LogP contribution >= 0.6 is 11.8 Å². The van der Waals surface area contributed by atoms with Gasteiger partial charge in [0.05, 0.1) is 11.3 Å². The number of carbonyl (C=O) groups excluding carboxylic acids is 2. The molecule has 1 fully saturated rings. The summed E-state index contributed by atoms with van der Waals surface area (Å²) in [6, 6.07) is 7.40. The van der Waals surface area contributed by atoms with E-state index in [1.807, 2.05) is 24.3 Å². The van der Waals surface area contributed by atoms with Crippen molar-refractivity contribution in [3.05, 3.63) is 24.3 Å². The summed E-state index contributed by atoms with van der Waals surface area (Å²) >= 11 is 1.21. The van der Waals surface area contributed by atoms with Crippen molar-refractivity contribution in [2.75, 3.05) is 18.1 Å². The lowest BCUT2D eigenvalue weighted by molar-refractivity contribution is -0.117. The average Bonchev–Trinajstić information content (AvgIpc) is 2.67. The van der Waals surface area contributed by atoms with Gasteiger partial charge in [-0.2, -0.15) is 0 Å². The number of hydrogen-bond donors (Lipinski definition) is 3. The number of hydrogen-bond acceptors (Lipinski definition) is 6. The van der Waals surface area contributed by atoms with Crippen molar-refractivity contribution in [2.24, 2.45) is 5.92 Å². The van der Waals surface area contributed by atoms with Crippen LogP contribution < -0.4 is 16.0 Å². The van der Waals surface area contributed by atoms with Gasteiger partial charge >= 0.3 is 6.03 Å². The quantitative estimate of drug-likeness (QED) is 0.539. The van der Waals surface area contributed by atoms with Crippen molar-refractivity contribution in [1.29, 1.82) is 0 Å². The van der Waals surface area contributed by atoms with Gasteiger partial charge in [0.25, 0.3) is 0 Å². The van der Waals surface area contributed by atoms with Crippen LogP contribution in [0.15, 0.2) is 29.4 Å². The molecule has 0 bridgehead atoms. The van der Waals surface area contributed by atoms with E-state index in [0.717, 1.165) is 30.2 Å². The minimum Gasteiger partial charge on any atom is -0.372 e. The molecule has 3 rings (SSSR count). The van der Waals surface area contributed by atoms with Gasteiger partial charge < -0.3 is 10.6 Å². The molecule has 1 aromatic carbocycles. The van der Waals surface area contributed by atoms with Crippen LogP contribution in [-0.4, -0.2) is 40.7 Å². The maximum atomic E-state index is 12.1. The number of benzene rings is 1. The van der Waals surface area contributed by atoms with Crippen LogP contribution in [0.2, 0.25) is 0 Å². The zero-order chi connectivity index (χ0) is 19.2. The zero-order valence-electron chi connectivity index (χ0n) is 15.6. The predicted molar refractivity (Wildman–Crippen MR) is 108 cm³/mol. The molecule has 1 aromatic heterocycles. The minimum atomic E-state index is -0.422. The Kier molecular flexibility index (Phi) is 6.49. The molecule has 27 heavy (non-hydrogen) atoms. The highest BCUT2D eigenvalue weighted by Gasteiger charge is 2.23. The van der Waals surface area contributed by atoms with Crippen molar-refractivity contribution in [2.45, 2.75) is 43.8 Å². The molecular formula is C19H25N5O2S. The molecule has 3 N–H and O–H groups in total. The standard InChI is InChI=1S/C19H25N5O2S/c1-12-7-3-5-9-14(12)21-18(26)23-16(25)11-27-19-22-15-10-6-4-8-13(15)17(20-2)24-19/h4,6,8,10,12,14H,3,5,7,9,11H2,1-2H3,(H,20,22,24)(H2,21,23,25,26). The highest BCUT2D eigenvalue weighted by Crippen LogP contribution is 2.24. The normalized spacial score (nSPS) is 19.5. The first-order valence-electron chi connectivity index (χ1n) is 9.24. The molecule has 0 aliphatic heterocycles. The van der Waals surface area contributed by atoms with Crippen LogP contribution in [0.5, 0.6) is 0 Å². The zero-order valence-corrected chi connectivity index (χ0v) is 16.4. The summed E-state index contributed by atoms with van der Waals surface area (Å²) in [6.07, 6.45) is 4.40. The lowest BCUT2D eigenvalue weighted by atomic mass is 9.86. The first-order valence-corrected chi connectivity index (χ1v) is 10.2. The maximum Gasteiger partial charge on any atom is 0.321 e. The number of carbonyl (C=O) groups is 2. The summed E-state index contributed by atoms with van der Waals surface area (Å²) in [7, 11) is 1.80. The summed E-state index contributed by atoms with van der Waals surface area (Å²) < 4.78 is 0. The first-order chi connectivity index (χ1) is 13.1. The summed E-state index contributed by atoms with van der Waals surface area (Å²) in [5.41, 5.74) is 0.809. The molecule has 8 heteroatoms. The number of fused-ring (bicyclic) bond motifs is 1. The molecule has 1 saturated carbocycles. The fraction of sp³-hybridized carbons (Fsp3) is 0.474. The molecule has 7 nitrogen and oxygen atoms in total. The number of imide groups is 1. The second-order valence-corrected chi connectivity index (χ2v) is 7.74. The molecule has 3 amide bonds. The predicted octanol–water partition coefficient (Wildman–Crippen LogP) is 3.17. The molecule has 1 aliphatic rings. The number of anilines is 1. The number of nitrogens with one attached hydrogen (secondary N) is 3. The largest absolute Gasteiger partial charge is 0.372 e. The van der Waals surface area contributed by atoms with E-state index in [9.17, 15) is 9.59 Å². The second kappa shape index (κ2) is 9.03. The molecule has 0 spiro atoms. The minimum absolute atomic E-state index is 0.0785. The SMILES string of the molecule is CNc1nc(SCC(=O)NC(=O)NC2CCCCC2C)nc2ccccc12. The van der Waals surface area contributed by atoms with Gasteiger partial charge in [0.1, 0.15) is 5.82 Å². The van der Waals surface area contributed by atoms with Crippen LogP contribution in [0.1, 0.15) is 32.6 Å². The molecule has 2 aromatic rings. The molecule has 2 atom stereocenters. The van der Waals surface area contributed by atoms with E-state index in [0.29, 0.717) is 16.9 Å². The van der Waals surface area contributed by atoms with Crippen LogP contribution in [0.4, 0.5) is 10.6 Å². The lowest BCUT2D eigenvalue weighted by Crippen LogP contribution is -2.48. The van der Waals surface area contributed by atoms with Gasteiger partial charge in [-0.1, -0.05) is 43.7 Å². The van der Waals surface area contributed by atoms with Gasteiger partial charge in [-0.15, -0.1) is 0 Å². The van der Waals surface area contributed by atoms with Gasteiger partial charge in [-0.3, -0.25) is 10.1 Å². The van der Waals surface area contributed by atoms with Gasteiger partial charge in [0.15, 0.2) is 5.16 Å². The number of amides is 3. The number of aromatic nitrogens is 2. The van der Waals surface area contributed by atoms with Crippen LogP contribution in [-0.2, 0) is 4.79 Å². The van der Waals surface area contributed by atoms with Crippen LogP contribution in [0.3, 0.4) is 0 Å². The van der Waals surface area contributed by atoms with Crippen molar-refractivity contribution in [3.8, 4) is 0 Å². The Bertz CT molecular complexity index is 829. The van der Waals surface area contributed by atoms with E-state index in [-0.39, 0.29) is 17.7 Å². The first kappa shape index (κ1) is 19.4. The van der Waals surface area contributed by atoms with Crippen molar-refractivity contribution in [1.82, 2.24) is 20.6 Å². The Morgan fingerprint density at radius 3 is 2.74 bits per heavy atom. The third-order valence-corrected chi connectivity index (χ3v) is 5.68. The third kappa shape index (κ3) is 5.09. The highest BCUT2D eigenvalue weighted by molar-refractivity contribution is 7.99. The van der Waals surface area contributed by atoms with Crippen LogP contribution in [0, 0.1) is 5.92 Å². The molecule has 144 valence electrons. The number of thioether (sulfide) groups is 1. The molecule has 0 radical (unpaired) electrons. The van der Waals surface area contributed by atoms with Crippen molar-refractivity contribution in [3.63, 3.8) is 0 Å². The molecular weight excluding hydrogens is 362 g/mol. The summed E-state index contributed by atoms with van der Waals surface area (Å²) in [5.74, 6) is 0.881. The van der Waals surface area contributed by atoms with E-state index < -0.39 is 6.03 Å². The Labute approximate surface area is 163 Å². The number of nitrogens with zero attached hydrogens (tertiary/aromatic N) is 2. The fourth-order valence-corrected chi connectivity index (χ4v) is 3.99. The maximum absolute atomic E-state index is 12.1. The van der Waals surface area contributed by atoms with Gasteiger partial charge in [-0.05, 0) is 30.9 Å². The molecule has 1 aliphatic carbocycles. The Hall–Kier alpha value is -2.35. The fourth-order valence-electron chi connectivity index (χ4n) is 3.34. The molecule has 1 heterocycles. The number of rotatable bonds is 5. The highest BCUT2D eigenvalue weighted by atomic mass is 32.2. The Morgan fingerprint density at radius 1 is 1.19 bits per heavy atom. The Morgan fingerprint density at radius 2 is 1.96 bits per heavy atom. The van der Waals surface area contributed by atoms with Crippen molar-refractivity contribution >= 4 is 40.4 Å². The van der Waals surface area contributed by atoms with Crippen LogP contribution in [0.25, 0.3) is 10.9 Å². The molecule has 0 saturated heterocycles. The summed E-state index contributed by atoms with van der Waals surface area (Å²) in [5, 5.41) is 9.79. The third-order valence-electron chi connectivity index (χ3n) is 4.83. The average molecular weight is 388 g/mol. The number of para-hydroxylation sites is 1. The van der Waals surface area contributed by atoms with E-state index in [4.69, 9.17) is 0 Å². The topological polar surface area (TPSA) is 96.0 Å². The van der Waals surface area contributed by atoms with Crippen molar-refractivity contribution < 1.29 is 9.59 Å². The van der Waals surface area contributed by atoms with E-state index >= 15 is 0 Å². The smallest absolute Gasteiger partial charge is 0.321 e. The van der Waals surface area contributed by atoms with Gasteiger partial charge in [0, 0.05) is 18.5 Å². The van der Waals surface area contributed by atoms with E-state index in [1.165, 1.54) is 18.2 Å². The van der Waals surface area contributed by atoms with E-state index in [2.05, 4.69) is 32.8 Å². The summed E-state index contributed by atoms with van der Waals surface area (Å²) in [4.78, 5) is 33.1.